The molecule has 0 fully saturated rings. The Labute approximate surface area is 106 Å². The smallest absolute Gasteiger partial charge is 0.240 e. The zero-order valence-corrected chi connectivity index (χ0v) is 11.5. The first kappa shape index (κ1) is 14.1. The van der Waals surface area contributed by atoms with Crippen LogP contribution in [0.3, 0.4) is 0 Å². The number of aromatic nitrogens is 2. The lowest BCUT2D eigenvalue weighted by molar-refractivity contribution is -0.117. The molecule has 0 aliphatic heterocycles. The summed E-state index contributed by atoms with van der Waals surface area (Å²) in [5.41, 5.74) is 0. The maximum Gasteiger partial charge on any atom is 0.240 e. The Morgan fingerprint density at radius 3 is 2.76 bits per heavy atom. The highest BCUT2D eigenvalue weighted by molar-refractivity contribution is 7.15. The Hall–Kier alpha value is -1.01. The van der Waals surface area contributed by atoms with E-state index in [1.807, 2.05) is 18.9 Å². The molecule has 17 heavy (non-hydrogen) atoms. The second-order valence-electron chi connectivity index (χ2n) is 3.99. The molecule has 0 aliphatic carbocycles. The Balaban J connectivity index is 2.33. The summed E-state index contributed by atoms with van der Waals surface area (Å²) in [6, 6.07) is 0. The number of hydrogen-bond acceptors (Lipinski definition) is 5. The zero-order valence-electron chi connectivity index (χ0n) is 10.7. The molecule has 0 atom stereocenters. The average molecular weight is 256 g/mol. The lowest BCUT2D eigenvalue weighted by atomic mass is 10.3. The predicted molar refractivity (Wildman–Crippen MR) is 70.3 cm³/mol. The minimum absolute atomic E-state index is 0.0255. The van der Waals surface area contributed by atoms with Crippen LogP contribution in [0.1, 0.15) is 31.7 Å². The van der Waals surface area contributed by atoms with E-state index in [2.05, 4.69) is 22.4 Å². The van der Waals surface area contributed by atoms with Crippen LogP contribution in [0.2, 0.25) is 0 Å². The van der Waals surface area contributed by atoms with Gasteiger partial charge in [0.05, 0.1) is 6.54 Å². The van der Waals surface area contributed by atoms with E-state index >= 15 is 0 Å². The number of anilines is 1. The van der Waals surface area contributed by atoms with E-state index in [0.29, 0.717) is 11.7 Å². The van der Waals surface area contributed by atoms with Crippen LogP contribution in [0.5, 0.6) is 0 Å². The Bertz CT molecular complexity index is 353. The van der Waals surface area contributed by atoms with Crippen LogP contribution in [0.4, 0.5) is 5.13 Å². The van der Waals surface area contributed by atoms with E-state index in [1.54, 1.807) is 0 Å². The van der Waals surface area contributed by atoms with E-state index in [1.165, 1.54) is 11.3 Å². The van der Waals surface area contributed by atoms with Crippen LogP contribution in [0, 0.1) is 0 Å². The number of carbonyl (C=O) groups is 1. The molecule has 1 aromatic rings. The van der Waals surface area contributed by atoms with Crippen LogP contribution >= 0.6 is 11.3 Å². The molecule has 96 valence electrons. The molecule has 1 amide bonds. The summed E-state index contributed by atoms with van der Waals surface area (Å²) in [6.45, 7) is 5.51. The maximum atomic E-state index is 11.7. The number of nitrogens with zero attached hydrogens (tertiary/aromatic N) is 3. The summed E-state index contributed by atoms with van der Waals surface area (Å²) in [5, 5.41) is 12.2. The van der Waals surface area contributed by atoms with Gasteiger partial charge in [0.2, 0.25) is 11.0 Å². The quantitative estimate of drug-likeness (QED) is 0.808. The number of likely N-dealkylation sites (N-methyl/N-ethyl adjacent to an activating group) is 1. The van der Waals surface area contributed by atoms with Gasteiger partial charge in [0.1, 0.15) is 5.01 Å². The van der Waals surface area contributed by atoms with Crippen LogP contribution in [-0.4, -0.2) is 41.1 Å². The van der Waals surface area contributed by atoms with Gasteiger partial charge in [0.15, 0.2) is 0 Å². The molecule has 0 bridgehead atoms. The molecular weight excluding hydrogens is 236 g/mol. The number of carbonyl (C=O) groups excluding carboxylic acids is 1. The summed E-state index contributed by atoms with van der Waals surface area (Å²) < 4.78 is 0. The molecule has 0 radical (unpaired) electrons. The Morgan fingerprint density at radius 2 is 2.18 bits per heavy atom. The zero-order chi connectivity index (χ0) is 12.7. The van der Waals surface area contributed by atoms with E-state index in [9.17, 15) is 4.79 Å². The molecular formula is C11H20N4OS. The van der Waals surface area contributed by atoms with Crippen molar-refractivity contribution in [2.45, 2.75) is 33.1 Å². The molecule has 1 heterocycles. The number of aryl methyl sites for hydroxylation is 1. The second kappa shape index (κ2) is 7.34. The molecule has 0 saturated carbocycles. The summed E-state index contributed by atoms with van der Waals surface area (Å²) >= 11 is 1.43. The first-order valence-electron chi connectivity index (χ1n) is 5.96. The van der Waals surface area contributed by atoms with Crippen molar-refractivity contribution in [3.8, 4) is 0 Å². The van der Waals surface area contributed by atoms with Gasteiger partial charge in [-0.1, -0.05) is 31.6 Å². The summed E-state index contributed by atoms with van der Waals surface area (Å²) in [5.74, 6) is -0.0255. The molecule has 1 rings (SSSR count). The van der Waals surface area contributed by atoms with Gasteiger partial charge in [-0.15, -0.1) is 10.2 Å². The predicted octanol–water partition coefficient (Wildman–Crippen LogP) is 1.77. The largest absolute Gasteiger partial charge is 0.299 e. The third-order valence-electron chi connectivity index (χ3n) is 2.32. The van der Waals surface area contributed by atoms with Gasteiger partial charge in [-0.3, -0.25) is 15.0 Å². The molecule has 5 nitrogen and oxygen atoms in total. The lowest BCUT2D eigenvalue weighted by Gasteiger charge is -2.14. The third-order valence-corrected chi connectivity index (χ3v) is 3.31. The van der Waals surface area contributed by atoms with Crippen molar-refractivity contribution in [3.63, 3.8) is 0 Å². The fourth-order valence-electron chi connectivity index (χ4n) is 1.36. The van der Waals surface area contributed by atoms with Crippen molar-refractivity contribution in [2.75, 3.05) is 25.5 Å². The molecule has 0 aliphatic rings. The minimum Gasteiger partial charge on any atom is -0.299 e. The first-order valence-corrected chi connectivity index (χ1v) is 6.78. The Morgan fingerprint density at radius 1 is 1.41 bits per heavy atom. The Kier molecular flexibility index (Phi) is 6.07. The van der Waals surface area contributed by atoms with Gasteiger partial charge in [-0.25, -0.2) is 0 Å². The van der Waals surface area contributed by atoms with E-state index in [0.717, 1.165) is 30.8 Å². The third kappa shape index (κ3) is 5.23. The molecule has 0 saturated heterocycles. The second-order valence-corrected chi connectivity index (χ2v) is 5.06. The fraction of sp³-hybridized carbons (Fsp3) is 0.727. The number of hydrogen-bond donors (Lipinski definition) is 1. The summed E-state index contributed by atoms with van der Waals surface area (Å²) in [4.78, 5) is 13.7. The van der Waals surface area contributed by atoms with Crippen molar-refractivity contribution in [1.82, 2.24) is 15.1 Å². The van der Waals surface area contributed by atoms with Gasteiger partial charge >= 0.3 is 0 Å². The van der Waals surface area contributed by atoms with Gasteiger partial charge < -0.3 is 0 Å². The highest BCUT2D eigenvalue weighted by atomic mass is 32.1. The average Bonchev–Trinajstić information content (AvgIpc) is 2.73. The first-order chi connectivity index (χ1) is 8.15. The normalized spacial score (nSPS) is 10.8. The number of rotatable bonds is 7. The highest BCUT2D eigenvalue weighted by Crippen LogP contribution is 2.15. The van der Waals surface area contributed by atoms with Gasteiger partial charge in [-0.2, -0.15) is 0 Å². The molecule has 1 aromatic heterocycles. The summed E-state index contributed by atoms with van der Waals surface area (Å²) in [7, 11) is 1.95. The monoisotopic (exact) mass is 256 g/mol. The van der Waals surface area contributed by atoms with E-state index < -0.39 is 0 Å². The SMILES string of the molecule is CCCCN(C)CC(=O)Nc1nnc(CC)s1. The van der Waals surface area contributed by atoms with E-state index in [4.69, 9.17) is 0 Å². The van der Waals surface area contributed by atoms with Gasteiger partial charge in [-0.05, 0) is 26.4 Å². The van der Waals surface area contributed by atoms with Gasteiger partial charge in [0.25, 0.3) is 0 Å². The lowest BCUT2D eigenvalue weighted by Crippen LogP contribution is -2.30. The molecule has 6 heteroatoms. The maximum absolute atomic E-state index is 11.7. The number of amides is 1. The summed E-state index contributed by atoms with van der Waals surface area (Å²) in [6.07, 6.45) is 3.11. The minimum atomic E-state index is -0.0255. The van der Waals surface area contributed by atoms with Crippen LogP contribution in [0.15, 0.2) is 0 Å². The van der Waals surface area contributed by atoms with Crippen molar-refractivity contribution < 1.29 is 4.79 Å². The molecule has 0 aromatic carbocycles. The van der Waals surface area contributed by atoms with Gasteiger partial charge in [0, 0.05) is 0 Å². The van der Waals surface area contributed by atoms with Crippen molar-refractivity contribution >= 4 is 22.4 Å². The van der Waals surface area contributed by atoms with Crippen LogP contribution < -0.4 is 5.32 Å². The van der Waals surface area contributed by atoms with Crippen LogP contribution in [0.25, 0.3) is 0 Å². The number of nitrogens with one attached hydrogen (secondary N) is 1. The molecule has 1 N–H and O–H groups in total. The van der Waals surface area contributed by atoms with Crippen molar-refractivity contribution in [2.24, 2.45) is 0 Å². The number of unbranched alkanes of at least 4 members (excludes halogenated alkanes) is 1. The van der Waals surface area contributed by atoms with Crippen molar-refractivity contribution in [3.05, 3.63) is 5.01 Å². The fourth-order valence-corrected chi connectivity index (χ4v) is 2.05. The molecule has 0 spiro atoms. The van der Waals surface area contributed by atoms with Crippen molar-refractivity contribution in [1.29, 1.82) is 0 Å². The standard InChI is InChI=1S/C11H20N4OS/c1-4-6-7-15(3)8-9(16)12-11-14-13-10(5-2)17-11/h4-8H2,1-3H3,(H,12,14,16). The highest BCUT2D eigenvalue weighted by Gasteiger charge is 2.09. The topological polar surface area (TPSA) is 58.1 Å². The van der Waals surface area contributed by atoms with Crippen LogP contribution in [-0.2, 0) is 11.2 Å². The molecule has 0 unspecified atom stereocenters. The van der Waals surface area contributed by atoms with E-state index in [-0.39, 0.29) is 5.91 Å².